The van der Waals surface area contributed by atoms with E-state index in [-0.39, 0.29) is 6.04 Å². The summed E-state index contributed by atoms with van der Waals surface area (Å²) in [6, 6.07) is 0.0925. The zero-order valence-electron chi connectivity index (χ0n) is 5.86. The maximum atomic E-state index is 8.78. The first-order chi connectivity index (χ1) is 4.68. The molecule has 0 radical (unpaired) electrons. The van der Waals surface area contributed by atoms with E-state index in [4.69, 9.17) is 10.9 Å². The molecule has 0 saturated heterocycles. The van der Waals surface area contributed by atoms with E-state index in [9.17, 15) is 0 Å². The van der Waals surface area contributed by atoms with Crippen molar-refractivity contribution >= 4 is 0 Å². The second-order valence-corrected chi connectivity index (χ2v) is 2.43. The minimum absolute atomic E-state index is 0.0925. The maximum absolute atomic E-state index is 8.78. The topological polar surface area (TPSA) is 64.1 Å². The van der Waals surface area contributed by atoms with Crippen LogP contribution in [-0.2, 0) is 6.42 Å². The van der Waals surface area contributed by atoms with E-state index >= 15 is 0 Å². The molecule has 0 aliphatic rings. The lowest BCUT2D eigenvalue weighted by Crippen LogP contribution is -2.17. The molecule has 0 bridgehead atoms. The molecule has 0 amide bonds. The van der Waals surface area contributed by atoms with Gasteiger partial charge in [-0.2, -0.15) is 4.73 Å². The van der Waals surface area contributed by atoms with Crippen molar-refractivity contribution in [3.05, 3.63) is 18.2 Å². The highest BCUT2D eigenvalue weighted by molar-refractivity contribution is 4.96. The fourth-order valence-corrected chi connectivity index (χ4v) is 0.788. The summed E-state index contributed by atoms with van der Waals surface area (Å²) in [5, 5.41) is 8.78. The predicted octanol–water partition coefficient (Wildman–Crippen LogP) is 0.0101. The lowest BCUT2D eigenvalue weighted by atomic mass is 10.2. The largest absolute Gasteiger partial charge is 0.427 e. The molecular weight excluding hydrogens is 130 g/mol. The van der Waals surface area contributed by atoms with Gasteiger partial charge < -0.3 is 10.9 Å². The number of nitrogens with two attached hydrogens (primary N) is 1. The minimum Gasteiger partial charge on any atom is -0.427 e. The minimum atomic E-state index is 0.0925. The van der Waals surface area contributed by atoms with Gasteiger partial charge in [-0.15, -0.1) is 0 Å². The molecule has 1 rings (SSSR count). The molecule has 0 aliphatic carbocycles. The summed E-state index contributed by atoms with van der Waals surface area (Å²) in [4.78, 5) is 3.89. The third-order valence-corrected chi connectivity index (χ3v) is 1.15. The van der Waals surface area contributed by atoms with Crippen molar-refractivity contribution in [3.63, 3.8) is 0 Å². The molecule has 3 N–H and O–H groups in total. The van der Waals surface area contributed by atoms with Crippen LogP contribution in [0.25, 0.3) is 0 Å². The zero-order valence-corrected chi connectivity index (χ0v) is 5.86. The standard InChI is InChI=1S/C6H11N3O/c1-5(7)2-6-3-9(10)4-8-6/h3-5,10H,2,7H2,1H3/t5-/m1/s1. The molecule has 0 saturated carbocycles. The first-order valence-electron chi connectivity index (χ1n) is 3.16. The van der Waals surface area contributed by atoms with Gasteiger partial charge in [-0.05, 0) is 6.92 Å². The summed E-state index contributed by atoms with van der Waals surface area (Å²) in [5.41, 5.74) is 6.32. The summed E-state index contributed by atoms with van der Waals surface area (Å²) in [5.74, 6) is 0. The van der Waals surface area contributed by atoms with Gasteiger partial charge >= 0.3 is 0 Å². The van der Waals surface area contributed by atoms with Crippen LogP contribution in [0.3, 0.4) is 0 Å². The Kier molecular flexibility index (Phi) is 1.91. The molecule has 56 valence electrons. The SMILES string of the molecule is C[C@@H](N)Cc1cn(O)cn1. The van der Waals surface area contributed by atoms with E-state index in [1.165, 1.54) is 6.33 Å². The van der Waals surface area contributed by atoms with E-state index in [1.807, 2.05) is 6.92 Å². The van der Waals surface area contributed by atoms with E-state index in [0.29, 0.717) is 6.42 Å². The summed E-state index contributed by atoms with van der Waals surface area (Å²) in [6.45, 7) is 1.90. The van der Waals surface area contributed by atoms with Gasteiger partial charge in [0.05, 0.1) is 11.9 Å². The highest BCUT2D eigenvalue weighted by atomic mass is 16.5. The maximum Gasteiger partial charge on any atom is 0.131 e. The lowest BCUT2D eigenvalue weighted by Gasteiger charge is -1.98. The van der Waals surface area contributed by atoms with E-state index in [0.717, 1.165) is 10.4 Å². The average Bonchev–Trinajstić information content (AvgIpc) is 2.13. The molecule has 1 aromatic rings. The van der Waals surface area contributed by atoms with Crippen molar-refractivity contribution in [2.75, 3.05) is 0 Å². The molecule has 4 nitrogen and oxygen atoms in total. The van der Waals surface area contributed by atoms with Crippen molar-refractivity contribution in [1.82, 2.24) is 9.71 Å². The van der Waals surface area contributed by atoms with E-state index in [2.05, 4.69) is 4.98 Å². The van der Waals surface area contributed by atoms with Gasteiger partial charge in [0.15, 0.2) is 0 Å². The molecule has 0 fully saturated rings. The summed E-state index contributed by atoms with van der Waals surface area (Å²) >= 11 is 0. The van der Waals surface area contributed by atoms with Crippen molar-refractivity contribution in [2.45, 2.75) is 19.4 Å². The zero-order chi connectivity index (χ0) is 7.56. The van der Waals surface area contributed by atoms with Crippen LogP contribution in [0.15, 0.2) is 12.5 Å². The molecule has 0 aromatic carbocycles. The summed E-state index contributed by atoms with van der Waals surface area (Å²) < 4.78 is 0.928. The summed E-state index contributed by atoms with van der Waals surface area (Å²) in [7, 11) is 0. The number of hydrogen-bond acceptors (Lipinski definition) is 3. The second-order valence-electron chi connectivity index (χ2n) is 2.43. The van der Waals surface area contributed by atoms with Gasteiger partial charge in [-0.3, -0.25) is 0 Å². The number of nitrogens with zero attached hydrogens (tertiary/aromatic N) is 2. The normalized spacial score (nSPS) is 13.4. The Balaban J connectivity index is 2.58. The number of aromatic nitrogens is 2. The van der Waals surface area contributed by atoms with Gasteiger partial charge in [0.2, 0.25) is 0 Å². The van der Waals surface area contributed by atoms with Crippen LogP contribution in [0.5, 0.6) is 0 Å². The van der Waals surface area contributed by atoms with Crippen molar-refractivity contribution in [3.8, 4) is 0 Å². The molecule has 0 unspecified atom stereocenters. The predicted molar refractivity (Wildman–Crippen MR) is 36.8 cm³/mol. The molecule has 0 aliphatic heterocycles. The molecule has 1 aromatic heterocycles. The summed E-state index contributed by atoms with van der Waals surface area (Å²) in [6.07, 6.45) is 3.59. The first-order valence-corrected chi connectivity index (χ1v) is 3.16. The fraction of sp³-hybridized carbons (Fsp3) is 0.500. The van der Waals surface area contributed by atoms with Gasteiger partial charge in [0.25, 0.3) is 0 Å². The Hall–Kier alpha value is -1.03. The number of hydrogen-bond donors (Lipinski definition) is 2. The van der Waals surface area contributed by atoms with E-state index in [1.54, 1.807) is 6.20 Å². The molecule has 1 heterocycles. The van der Waals surface area contributed by atoms with Gasteiger partial charge in [-0.1, -0.05) is 0 Å². The molecule has 0 spiro atoms. The highest BCUT2D eigenvalue weighted by Gasteiger charge is 1.99. The molecule has 1 atom stereocenters. The van der Waals surface area contributed by atoms with Crippen LogP contribution < -0.4 is 5.73 Å². The van der Waals surface area contributed by atoms with Crippen molar-refractivity contribution in [1.29, 1.82) is 0 Å². The van der Waals surface area contributed by atoms with Crippen LogP contribution >= 0.6 is 0 Å². The van der Waals surface area contributed by atoms with E-state index < -0.39 is 0 Å². The lowest BCUT2D eigenvalue weighted by molar-refractivity contribution is 0.185. The van der Waals surface area contributed by atoms with Crippen molar-refractivity contribution in [2.24, 2.45) is 5.73 Å². The second kappa shape index (κ2) is 2.70. The number of imidazole rings is 1. The smallest absolute Gasteiger partial charge is 0.131 e. The monoisotopic (exact) mass is 141 g/mol. The van der Waals surface area contributed by atoms with Crippen LogP contribution in [0.1, 0.15) is 12.6 Å². The first kappa shape index (κ1) is 7.08. The highest BCUT2D eigenvalue weighted by Crippen LogP contribution is 1.96. The number of rotatable bonds is 2. The Morgan fingerprint density at radius 1 is 1.90 bits per heavy atom. The Morgan fingerprint density at radius 3 is 3.00 bits per heavy atom. The van der Waals surface area contributed by atoms with Crippen LogP contribution in [0, 0.1) is 0 Å². The molecule has 10 heavy (non-hydrogen) atoms. The fourth-order valence-electron chi connectivity index (χ4n) is 0.788. The van der Waals surface area contributed by atoms with Crippen molar-refractivity contribution < 1.29 is 5.21 Å². The van der Waals surface area contributed by atoms with Crippen LogP contribution in [0.4, 0.5) is 0 Å². The third-order valence-electron chi connectivity index (χ3n) is 1.15. The van der Waals surface area contributed by atoms with Crippen LogP contribution in [0.2, 0.25) is 0 Å². The third kappa shape index (κ3) is 1.73. The van der Waals surface area contributed by atoms with Gasteiger partial charge in [0, 0.05) is 12.5 Å². The Labute approximate surface area is 59.3 Å². The van der Waals surface area contributed by atoms with Gasteiger partial charge in [0.1, 0.15) is 6.33 Å². The quantitative estimate of drug-likeness (QED) is 0.570. The Morgan fingerprint density at radius 2 is 2.60 bits per heavy atom. The molecular formula is C6H11N3O. The van der Waals surface area contributed by atoms with Gasteiger partial charge in [-0.25, -0.2) is 4.98 Å². The average molecular weight is 141 g/mol. The Bertz CT molecular complexity index is 207. The van der Waals surface area contributed by atoms with Crippen LogP contribution in [-0.4, -0.2) is 21.0 Å². The molecule has 4 heteroatoms.